The van der Waals surface area contributed by atoms with Crippen molar-refractivity contribution >= 4 is 12.4 Å². The van der Waals surface area contributed by atoms with E-state index < -0.39 is 0 Å². The predicted octanol–water partition coefficient (Wildman–Crippen LogP) is 1.89. The Bertz CT molecular complexity index is 712. The van der Waals surface area contributed by atoms with Gasteiger partial charge in [-0.1, -0.05) is 5.16 Å². The highest BCUT2D eigenvalue weighted by atomic mass is 35.5. The summed E-state index contributed by atoms with van der Waals surface area (Å²) in [6, 6.07) is 4.04. The molecule has 0 aliphatic rings. The first-order chi connectivity index (χ1) is 10.3. The Hall–Kier alpha value is -2.25. The second kappa shape index (κ2) is 7.15. The summed E-state index contributed by atoms with van der Waals surface area (Å²) in [5.74, 6) is 1.94. The minimum Gasteiger partial charge on any atom is -0.334 e. The van der Waals surface area contributed by atoms with Crippen LogP contribution in [0.3, 0.4) is 0 Å². The third-order valence-corrected chi connectivity index (χ3v) is 3.21. The van der Waals surface area contributed by atoms with Gasteiger partial charge in [-0.2, -0.15) is 4.98 Å². The zero-order chi connectivity index (χ0) is 14.7. The average Bonchev–Trinajstić information content (AvgIpc) is 3.19. The minimum absolute atomic E-state index is 0. The second-order valence-corrected chi connectivity index (χ2v) is 4.78. The number of imidazole rings is 1. The molecule has 0 aliphatic carbocycles. The van der Waals surface area contributed by atoms with Crippen molar-refractivity contribution in [3.8, 4) is 17.3 Å². The van der Waals surface area contributed by atoms with E-state index in [2.05, 4.69) is 32.3 Å². The molecule has 0 fully saturated rings. The van der Waals surface area contributed by atoms with Gasteiger partial charge in [0.2, 0.25) is 0 Å². The lowest BCUT2D eigenvalue weighted by Gasteiger charge is -2.04. The highest BCUT2D eigenvalue weighted by Gasteiger charge is 2.12. The van der Waals surface area contributed by atoms with Crippen LogP contribution in [0.4, 0.5) is 0 Å². The molecule has 22 heavy (non-hydrogen) atoms. The number of halogens is 1. The number of nitrogens with one attached hydrogen (secondary N) is 1. The summed E-state index contributed by atoms with van der Waals surface area (Å²) in [6.45, 7) is 2.07. The van der Waals surface area contributed by atoms with Crippen LogP contribution in [0.5, 0.6) is 0 Å². The van der Waals surface area contributed by atoms with Gasteiger partial charge in [0.1, 0.15) is 12.1 Å². The van der Waals surface area contributed by atoms with Gasteiger partial charge in [0.15, 0.2) is 5.82 Å². The Morgan fingerprint density at radius 2 is 2.23 bits per heavy atom. The first-order valence-corrected chi connectivity index (χ1v) is 6.71. The summed E-state index contributed by atoms with van der Waals surface area (Å²) in [6.07, 6.45) is 7.67. The van der Waals surface area contributed by atoms with Gasteiger partial charge >= 0.3 is 0 Å². The molecule has 0 saturated heterocycles. The molecule has 3 rings (SSSR count). The van der Waals surface area contributed by atoms with Crippen molar-refractivity contribution in [2.24, 2.45) is 0 Å². The van der Waals surface area contributed by atoms with Gasteiger partial charge in [0.05, 0.1) is 0 Å². The van der Waals surface area contributed by atoms with Gasteiger partial charge in [0, 0.05) is 36.6 Å². The molecule has 3 aromatic heterocycles. The smallest absolute Gasteiger partial charge is 0.258 e. The number of nitrogens with zero attached hydrogens (tertiary/aromatic N) is 5. The average molecular weight is 321 g/mol. The monoisotopic (exact) mass is 320 g/mol. The third-order valence-electron chi connectivity index (χ3n) is 3.21. The van der Waals surface area contributed by atoms with Crippen molar-refractivity contribution in [2.45, 2.75) is 19.4 Å². The highest BCUT2D eigenvalue weighted by molar-refractivity contribution is 5.85. The number of likely N-dealkylation sites (N-methyl/N-ethyl adjacent to an activating group) is 1. The summed E-state index contributed by atoms with van der Waals surface area (Å²) in [5, 5.41) is 7.16. The SMILES string of the molecule is CNC(C)Cc1noc(-c2ccnc(-n3ccnc3)c2)n1.Cl. The molecule has 0 bridgehead atoms. The number of hydrogen-bond acceptors (Lipinski definition) is 6. The molecule has 0 aromatic carbocycles. The maximum Gasteiger partial charge on any atom is 0.258 e. The van der Waals surface area contributed by atoms with E-state index in [0.717, 1.165) is 17.8 Å². The van der Waals surface area contributed by atoms with Crippen LogP contribution in [0.1, 0.15) is 12.7 Å². The van der Waals surface area contributed by atoms with Crippen molar-refractivity contribution in [3.05, 3.63) is 42.9 Å². The largest absolute Gasteiger partial charge is 0.334 e. The second-order valence-electron chi connectivity index (χ2n) is 4.78. The first-order valence-electron chi connectivity index (χ1n) is 6.71. The molecule has 0 radical (unpaired) electrons. The Kier molecular flexibility index (Phi) is 5.24. The Balaban J connectivity index is 0.00000176. The van der Waals surface area contributed by atoms with Gasteiger partial charge in [-0.25, -0.2) is 9.97 Å². The molecule has 0 aliphatic heterocycles. The molecule has 1 unspecified atom stereocenters. The van der Waals surface area contributed by atoms with E-state index in [1.165, 1.54) is 0 Å². The lowest BCUT2D eigenvalue weighted by molar-refractivity contribution is 0.418. The Labute approximate surface area is 134 Å². The van der Waals surface area contributed by atoms with E-state index in [-0.39, 0.29) is 12.4 Å². The van der Waals surface area contributed by atoms with E-state index >= 15 is 0 Å². The maximum absolute atomic E-state index is 5.33. The molecule has 3 heterocycles. The van der Waals surface area contributed by atoms with E-state index in [9.17, 15) is 0 Å². The van der Waals surface area contributed by atoms with Crippen molar-refractivity contribution in [3.63, 3.8) is 0 Å². The van der Waals surface area contributed by atoms with Crippen molar-refractivity contribution in [1.82, 2.24) is 30.0 Å². The van der Waals surface area contributed by atoms with Crippen LogP contribution in [-0.2, 0) is 6.42 Å². The topological polar surface area (TPSA) is 81.7 Å². The van der Waals surface area contributed by atoms with Crippen LogP contribution in [0, 0.1) is 0 Å². The van der Waals surface area contributed by atoms with Crippen molar-refractivity contribution in [1.29, 1.82) is 0 Å². The summed E-state index contributed by atoms with van der Waals surface area (Å²) in [7, 11) is 1.91. The fourth-order valence-corrected chi connectivity index (χ4v) is 1.92. The number of aromatic nitrogens is 5. The summed E-state index contributed by atoms with van der Waals surface area (Å²) in [4.78, 5) is 12.7. The highest BCUT2D eigenvalue weighted by Crippen LogP contribution is 2.19. The lowest BCUT2D eigenvalue weighted by Crippen LogP contribution is -2.24. The number of pyridine rings is 1. The summed E-state index contributed by atoms with van der Waals surface area (Å²) >= 11 is 0. The fourth-order valence-electron chi connectivity index (χ4n) is 1.92. The van der Waals surface area contributed by atoms with Crippen LogP contribution >= 0.6 is 12.4 Å². The van der Waals surface area contributed by atoms with Gasteiger partial charge in [0.25, 0.3) is 5.89 Å². The molecule has 3 aromatic rings. The molecule has 0 spiro atoms. The number of rotatable bonds is 5. The van der Waals surface area contributed by atoms with Crippen LogP contribution in [0.25, 0.3) is 17.3 Å². The van der Waals surface area contributed by atoms with Crippen molar-refractivity contribution in [2.75, 3.05) is 7.05 Å². The van der Waals surface area contributed by atoms with E-state index in [1.807, 2.05) is 29.9 Å². The molecule has 0 saturated carbocycles. The van der Waals surface area contributed by atoms with Gasteiger partial charge in [-0.3, -0.25) is 4.57 Å². The Morgan fingerprint density at radius 1 is 1.36 bits per heavy atom. The van der Waals surface area contributed by atoms with Gasteiger partial charge < -0.3 is 9.84 Å². The summed E-state index contributed by atoms with van der Waals surface area (Å²) < 4.78 is 7.15. The zero-order valence-corrected chi connectivity index (χ0v) is 13.1. The van der Waals surface area contributed by atoms with Crippen LogP contribution in [0.2, 0.25) is 0 Å². The third kappa shape index (κ3) is 3.49. The quantitative estimate of drug-likeness (QED) is 0.773. The standard InChI is InChI=1S/C14H16N6O.ClH/c1-10(15-2)7-12-18-14(21-19-12)11-3-4-17-13(8-11)20-6-5-16-9-20;/h3-6,8-10,15H,7H2,1-2H3;1H. The molecular weight excluding hydrogens is 304 g/mol. The summed E-state index contributed by atoms with van der Waals surface area (Å²) in [5.41, 5.74) is 0.838. The molecular formula is C14H17ClN6O. The molecule has 116 valence electrons. The predicted molar refractivity (Wildman–Crippen MR) is 84.1 cm³/mol. The van der Waals surface area contributed by atoms with Gasteiger partial charge in [-0.05, 0) is 26.1 Å². The van der Waals surface area contributed by atoms with Crippen LogP contribution < -0.4 is 5.32 Å². The van der Waals surface area contributed by atoms with Gasteiger partial charge in [-0.15, -0.1) is 12.4 Å². The number of hydrogen-bond donors (Lipinski definition) is 1. The zero-order valence-electron chi connectivity index (χ0n) is 12.3. The van der Waals surface area contributed by atoms with Crippen LogP contribution in [-0.4, -0.2) is 37.8 Å². The van der Waals surface area contributed by atoms with Crippen molar-refractivity contribution < 1.29 is 4.52 Å². The molecule has 7 nitrogen and oxygen atoms in total. The minimum atomic E-state index is 0. The fraction of sp³-hybridized carbons (Fsp3) is 0.286. The lowest BCUT2D eigenvalue weighted by atomic mass is 10.2. The van der Waals surface area contributed by atoms with E-state index in [4.69, 9.17) is 4.52 Å². The molecule has 8 heteroatoms. The first kappa shape index (κ1) is 16.1. The molecule has 1 atom stereocenters. The van der Waals surface area contributed by atoms with E-state index in [1.54, 1.807) is 18.7 Å². The normalized spacial score (nSPS) is 11.9. The molecule has 1 N–H and O–H groups in total. The maximum atomic E-state index is 5.33. The van der Waals surface area contributed by atoms with Crippen LogP contribution in [0.15, 0.2) is 41.6 Å². The van der Waals surface area contributed by atoms with E-state index in [0.29, 0.717) is 17.8 Å². The molecule has 0 amide bonds. The Morgan fingerprint density at radius 3 is 2.95 bits per heavy atom.